The molecule has 3 nitrogen and oxygen atoms in total. The van der Waals surface area contributed by atoms with Crippen LogP contribution in [0.15, 0.2) is 35.5 Å². The van der Waals surface area contributed by atoms with E-state index in [1.807, 2.05) is 30.3 Å². The Balaban J connectivity index is 2.61. The molecule has 0 heterocycles. The molecule has 3 heteroatoms. The molecule has 0 fully saturated rings. The van der Waals surface area contributed by atoms with Gasteiger partial charge in [0.1, 0.15) is 0 Å². The molecule has 0 atom stereocenters. The fraction of sp³-hybridized carbons (Fsp3) is 0.273. The maximum Gasteiger partial charge on any atom is 0.0868 e. The van der Waals surface area contributed by atoms with Gasteiger partial charge in [0.05, 0.1) is 11.8 Å². The first-order valence-electron chi connectivity index (χ1n) is 4.52. The van der Waals surface area contributed by atoms with Crippen LogP contribution in [0.25, 0.3) is 0 Å². The van der Waals surface area contributed by atoms with E-state index in [2.05, 4.69) is 11.2 Å². The van der Waals surface area contributed by atoms with Gasteiger partial charge in [-0.2, -0.15) is 5.26 Å². The van der Waals surface area contributed by atoms with Gasteiger partial charge in [-0.3, -0.25) is 0 Å². The molecule has 14 heavy (non-hydrogen) atoms. The van der Waals surface area contributed by atoms with Crippen LogP contribution in [-0.4, -0.2) is 10.9 Å². The van der Waals surface area contributed by atoms with Gasteiger partial charge in [-0.05, 0) is 18.4 Å². The number of nitrogens with zero attached hydrogens (tertiary/aromatic N) is 2. The Hall–Kier alpha value is -1.82. The summed E-state index contributed by atoms with van der Waals surface area (Å²) < 4.78 is 0. The van der Waals surface area contributed by atoms with E-state index in [1.165, 1.54) is 0 Å². The number of nitriles is 1. The highest BCUT2D eigenvalue weighted by atomic mass is 16.4. The molecule has 1 N–H and O–H groups in total. The molecule has 0 aromatic heterocycles. The molecule has 1 aromatic carbocycles. The Kier molecular flexibility index (Phi) is 4.22. The minimum atomic E-state index is 0.492. The molecule has 0 bridgehead atoms. The van der Waals surface area contributed by atoms with E-state index in [0.717, 1.165) is 12.0 Å². The summed E-state index contributed by atoms with van der Waals surface area (Å²) >= 11 is 0. The summed E-state index contributed by atoms with van der Waals surface area (Å²) in [6.45, 7) is 0. The van der Waals surface area contributed by atoms with Crippen molar-refractivity contribution >= 4 is 5.71 Å². The molecule has 0 amide bonds. The van der Waals surface area contributed by atoms with Crippen molar-refractivity contribution in [3.05, 3.63) is 35.9 Å². The van der Waals surface area contributed by atoms with Gasteiger partial charge in [-0.15, -0.1) is 0 Å². The molecule has 0 unspecified atom stereocenters. The summed E-state index contributed by atoms with van der Waals surface area (Å²) in [6, 6.07) is 11.5. The molecule has 1 rings (SSSR count). The van der Waals surface area contributed by atoms with Crippen LogP contribution < -0.4 is 0 Å². The lowest BCUT2D eigenvalue weighted by molar-refractivity contribution is 0.318. The minimum absolute atomic E-state index is 0.492. The number of unbranched alkanes of at least 4 members (excludes halogenated alkanes) is 1. The van der Waals surface area contributed by atoms with Crippen molar-refractivity contribution in [3.8, 4) is 6.07 Å². The Morgan fingerprint density at radius 3 is 2.64 bits per heavy atom. The van der Waals surface area contributed by atoms with Crippen molar-refractivity contribution in [1.29, 1.82) is 5.26 Å². The van der Waals surface area contributed by atoms with Gasteiger partial charge in [0.25, 0.3) is 0 Å². The summed E-state index contributed by atoms with van der Waals surface area (Å²) in [4.78, 5) is 0. The van der Waals surface area contributed by atoms with Crippen molar-refractivity contribution < 1.29 is 5.21 Å². The highest BCUT2D eigenvalue weighted by Gasteiger charge is 2.02. The van der Waals surface area contributed by atoms with Crippen LogP contribution in [0.1, 0.15) is 24.8 Å². The van der Waals surface area contributed by atoms with Gasteiger partial charge in [-0.25, -0.2) is 0 Å². The molecule has 0 aliphatic rings. The van der Waals surface area contributed by atoms with Crippen LogP contribution >= 0.6 is 0 Å². The molecule has 0 aliphatic carbocycles. The Labute approximate surface area is 83.3 Å². The van der Waals surface area contributed by atoms with Crippen LogP contribution in [0.3, 0.4) is 0 Å². The van der Waals surface area contributed by atoms with Gasteiger partial charge < -0.3 is 5.21 Å². The van der Waals surface area contributed by atoms with Crippen molar-refractivity contribution in [2.75, 3.05) is 0 Å². The van der Waals surface area contributed by atoms with Gasteiger partial charge in [0.15, 0.2) is 0 Å². The minimum Gasteiger partial charge on any atom is -0.411 e. The maximum atomic E-state index is 8.78. The van der Waals surface area contributed by atoms with Crippen LogP contribution in [0.2, 0.25) is 0 Å². The van der Waals surface area contributed by atoms with E-state index in [-0.39, 0.29) is 0 Å². The Morgan fingerprint density at radius 1 is 1.36 bits per heavy atom. The average Bonchev–Trinajstić information content (AvgIpc) is 2.26. The number of rotatable bonds is 4. The molecule has 0 aliphatic heterocycles. The fourth-order valence-electron chi connectivity index (χ4n) is 1.22. The van der Waals surface area contributed by atoms with Gasteiger partial charge in [-0.1, -0.05) is 35.5 Å². The molecule has 0 spiro atoms. The first kappa shape index (κ1) is 10.3. The normalized spacial score (nSPS) is 10.9. The summed E-state index contributed by atoms with van der Waals surface area (Å²) in [7, 11) is 0. The molecule has 0 saturated heterocycles. The van der Waals surface area contributed by atoms with E-state index in [1.54, 1.807) is 0 Å². The zero-order chi connectivity index (χ0) is 10.2. The highest BCUT2D eigenvalue weighted by molar-refractivity contribution is 6.00. The molecule has 0 saturated carbocycles. The van der Waals surface area contributed by atoms with Crippen molar-refractivity contribution in [3.63, 3.8) is 0 Å². The van der Waals surface area contributed by atoms with Crippen molar-refractivity contribution in [1.82, 2.24) is 0 Å². The standard InChI is InChI=1S/C11H12N2O/c12-9-5-4-8-11(13-14)10-6-2-1-3-7-10/h1-3,6-7,14H,4-5,8H2. The second-order valence-electron chi connectivity index (χ2n) is 2.92. The van der Waals surface area contributed by atoms with Gasteiger partial charge in [0, 0.05) is 6.42 Å². The first-order chi connectivity index (χ1) is 6.88. The third-order valence-corrected chi connectivity index (χ3v) is 1.93. The SMILES string of the molecule is N#CCCCC(=NO)c1ccccc1. The van der Waals surface area contributed by atoms with E-state index >= 15 is 0 Å². The topological polar surface area (TPSA) is 56.4 Å². The third-order valence-electron chi connectivity index (χ3n) is 1.93. The molecule has 0 radical (unpaired) electrons. The monoisotopic (exact) mass is 188 g/mol. The lowest BCUT2D eigenvalue weighted by Crippen LogP contribution is -2.00. The van der Waals surface area contributed by atoms with E-state index in [4.69, 9.17) is 10.5 Å². The van der Waals surface area contributed by atoms with Gasteiger partial charge in [0.2, 0.25) is 0 Å². The summed E-state index contributed by atoms with van der Waals surface area (Å²) in [5.41, 5.74) is 1.55. The number of oxime groups is 1. The largest absolute Gasteiger partial charge is 0.411 e. The molecule has 72 valence electrons. The number of benzene rings is 1. The Bertz CT molecular complexity index is 338. The summed E-state index contributed by atoms with van der Waals surface area (Å²) in [5.74, 6) is 0. The maximum absolute atomic E-state index is 8.78. The summed E-state index contributed by atoms with van der Waals surface area (Å²) in [6.07, 6.45) is 1.85. The predicted molar refractivity (Wildman–Crippen MR) is 54.2 cm³/mol. The zero-order valence-corrected chi connectivity index (χ0v) is 7.85. The Morgan fingerprint density at radius 2 is 2.07 bits per heavy atom. The lowest BCUT2D eigenvalue weighted by Gasteiger charge is -2.01. The van der Waals surface area contributed by atoms with Gasteiger partial charge >= 0.3 is 0 Å². The first-order valence-corrected chi connectivity index (χ1v) is 4.52. The zero-order valence-electron chi connectivity index (χ0n) is 7.85. The summed E-state index contributed by atoms with van der Waals surface area (Å²) in [5, 5.41) is 20.4. The van der Waals surface area contributed by atoms with Crippen molar-refractivity contribution in [2.45, 2.75) is 19.3 Å². The van der Waals surface area contributed by atoms with Crippen molar-refractivity contribution in [2.24, 2.45) is 5.16 Å². The molecule has 1 aromatic rings. The highest BCUT2D eigenvalue weighted by Crippen LogP contribution is 2.07. The quantitative estimate of drug-likeness (QED) is 0.341. The smallest absolute Gasteiger partial charge is 0.0868 e. The predicted octanol–water partition coefficient (Wildman–Crippen LogP) is 2.56. The van der Waals surface area contributed by atoms with Crippen LogP contribution in [0, 0.1) is 11.3 Å². The number of hydrogen-bond acceptors (Lipinski definition) is 3. The average molecular weight is 188 g/mol. The van der Waals surface area contributed by atoms with Crippen LogP contribution in [-0.2, 0) is 0 Å². The second-order valence-corrected chi connectivity index (χ2v) is 2.92. The third kappa shape index (κ3) is 2.91. The van der Waals surface area contributed by atoms with Crippen LogP contribution in [0.5, 0.6) is 0 Å². The molecular formula is C11H12N2O. The molecular weight excluding hydrogens is 176 g/mol. The van der Waals surface area contributed by atoms with Crippen LogP contribution in [0.4, 0.5) is 0 Å². The second kappa shape index (κ2) is 5.76. The van der Waals surface area contributed by atoms with E-state index in [0.29, 0.717) is 18.6 Å². The fourth-order valence-corrected chi connectivity index (χ4v) is 1.22. The lowest BCUT2D eigenvalue weighted by atomic mass is 10.1. The van der Waals surface area contributed by atoms with E-state index in [9.17, 15) is 0 Å². The number of hydrogen-bond donors (Lipinski definition) is 1. The van der Waals surface area contributed by atoms with E-state index < -0.39 is 0 Å².